The van der Waals surface area contributed by atoms with Crippen molar-refractivity contribution in [3.63, 3.8) is 0 Å². The molecule has 1 aromatic carbocycles. The molecule has 0 spiro atoms. The van der Waals surface area contributed by atoms with Crippen LogP contribution in [0.3, 0.4) is 0 Å². The number of hydrogen-bond acceptors (Lipinski definition) is 7. The van der Waals surface area contributed by atoms with Gasteiger partial charge in [0.1, 0.15) is 5.82 Å². The minimum Gasteiger partial charge on any atom is -0.381 e. The third-order valence-corrected chi connectivity index (χ3v) is 8.27. The Balaban J connectivity index is 1.31. The highest BCUT2D eigenvalue weighted by Gasteiger charge is 2.31. The van der Waals surface area contributed by atoms with Gasteiger partial charge in [0.05, 0.1) is 52.4 Å². The molecule has 3 aliphatic rings. The average Bonchev–Trinajstić information content (AvgIpc) is 3.73. The van der Waals surface area contributed by atoms with E-state index < -0.39 is 0 Å². The largest absolute Gasteiger partial charge is 0.381 e. The Morgan fingerprint density at radius 3 is 2.70 bits per heavy atom. The second-order valence-corrected chi connectivity index (χ2v) is 11.0. The molecule has 2 fully saturated rings. The van der Waals surface area contributed by atoms with Crippen molar-refractivity contribution in [3.05, 3.63) is 58.8 Å². The van der Waals surface area contributed by atoms with Crippen LogP contribution in [0.5, 0.6) is 0 Å². The molecule has 1 saturated carbocycles. The maximum atomic E-state index is 13.5. The van der Waals surface area contributed by atoms with Crippen LogP contribution in [0.2, 0.25) is 0 Å². The second kappa shape index (κ2) is 9.78. The molecule has 1 saturated heterocycles. The molecular weight excluding hydrogens is 506 g/mol. The van der Waals surface area contributed by atoms with Gasteiger partial charge in [-0.2, -0.15) is 5.10 Å². The zero-order valence-electron chi connectivity index (χ0n) is 22.8. The number of benzene rings is 1. The molecule has 0 unspecified atom stereocenters. The smallest absolute Gasteiger partial charge is 0.262 e. The van der Waals surface area contributed by atoms with Crippen LogP contribution < -0.4 is 21.1 Å². The number of anilines is 4. The first-order valence-electron chi connectivity index (χ1n) is 14.1. The van der Waals surface area contributed by atoms with E-state index in [2.05, 4.69) is 38.3 Å². The van der Waals surface area contributed by atoms with Crippen LogP contribution in [0, 0.1) is 5.92 Å². The summed E-state index contributed by atoms with van der Waals surface area (Å²) in [6.45, 7) is 4.75. The molecule has 206 valence electrons. The number of ether oxygens (including phenoxy) is 1. The van der Waals surface area contributed by atoms with Crippen LogP contribution in [0.15, 0.2) is 47.5 Å². The van der Waals surface area contributed by atoms with Gasteiger partial charge in [0.25, 0.3) is 5.56 Å². The van der Waals surface area contributed by atoms with Crippen LogP contribution in [0.1, 0.15) is 44.3 Å². The maximum Gasteiger partial charge on any atom is 0.262 e. The molecule has 7 rings (SSSR count). The number of hydrogen-bond donors (Lipinski definition) is 2. The van der Waals surface area contributed by atoms with Crippen molar-refractivity contribution in [2.45, 2.75) is 51.7 Å². The number of rotatable bonds is 6. The van der Waals surface area contributed by atoms with Crippen LogP contribution in [-0.2, 0) is 22.6 Å². The number of carbonyl (C=O) groups is 1. The summed E-state index contributed by atoms with van der Waals surface area (Å²) in [7, 11) is 2.09. The molecular formula is C30H33N7O3. The molecule has 0 bridgehead atoms. The van der Waals surface area contributed by atoms with Gasteiger partial charge in [-0.05, 0) is 44.7 Å². The van der Waals surface area contributed by atoms with Crippen LogP contribution in [0.4, 0.5) is 22.9 Å². The van der Waals surface area contributed by atoms with E-state index >= 15 is 0 Å². The van der Waals surface area contributed by atoms with Crippen molar-refractivity contribution in [2.75, 3.05) is 35.8 Å². The van der Waals surface area contributed by atoms with E-state index in [-0.39, 0.29) is 17.4 Å². The number of nitrogens with one attached hydrogen (secondary N) is 2. The summed E-state index contributed by atoms with van der Waals surface area (Å²) < 4.78 is 9.44. The van der Waals surface area contributed by atoms with Gasteiger partial charge in [-0.25, -0.2) is 4.98 Å². The first kappa shape index (κ1) is 24.8. The Morgan fingerprint density at radius 1 is 1.10 bits per heavy atom. The molecule has 1 aliphatic carbocycles. The van der Waals surface area contributed by atoms with Crippen LogP contribution in [-0.4, -0.2) is 45.5 Å². The summed E-state index contributed by atoms with van der Waals surface area (Å²) in [6, 6.07) is 10.1. The van der Waals surface area contributed by atoms with Gasteiger partial charge < -0.3 is 24.8 Å². The number of para-hydroxylation sites is 1. The molecule has 0 atom stereocenters. The number of fused-ring (bicyclic) bond motifs is 4. The molecule has 40 heavy (non-hydrogen) atoms. The second-order valence-electron chi connectivity index (χ2n) is 11.0. The third kappa shape index (κ3) is 4.23. The zero-order chi connectivity index (χ0) is 27.4. The number of aromatic nitrogens is 4. The topological polar surface area (TPSA) is 106 Å². The maximum absolute atomic E-state index is 13.5. The minimum atomic E-state index is -0.117. The van der Waals surface area contributed by atoms with Crippen molar-refractivity contribution >= 4 is 39.7 Å². The Kier molecular flexibility index (Phi) is 6.07. The van der Waals surface area contributed by atoms with Crippen molar-refractivity contribution in [3.8, 4) is 11.1 Å². The Labute approximate surface area is 232 Å². The highest BCUT2D eigenvalue weighted by Crippen LogP contribution is 2.45. The summed E-state index contributed by atoms with van der Waals surface area (Å²) in [4.78, 5) is 32.9. The van der Waals surface area contributed by atoms with Crippen molar-refractivity contribution in [1.82, 2.24) is 19.3 Å². The van der Waals surface area contributed by atoms with Gasteiger partial charge in [-0.3, -0.25) is 14.3 Å². The lowest BCUT2D eigenvalue weighted by Gasteiger charge is -2.32. The van der Waals surface area contributed by atoms with E-state index in [9.17, 15) is 9.59 Å². The number of pyridine rings is 2. The number of aryl methyl sites for hydroxylation is 1. The molecule has 1 amide bonds. The molecule has 3 aromatic heterocycles. The fourth-order valence-electron chi connectivity index (χ4n) is 6.00. The fraction of sp³-hybridized carbons (Fsp3) is 0.400. The highest BCUT2D eigenvalue weighted by molar-refractivity contribution is 6.00. The zero-order valence-corrected chi connectivity index (χ0v) is 22.8. The van der Waals surface area contributed by atoms with Crippen molar-refractivity contribution < 1.29 is 9.53 Å². The van der Waals surface area contributed by atoms with Crippen LogP contribution >= 0.6 is 0 Å². The van der Waals surface area contributed by atoms with E-state index in [4.69, 9.17) is 9.84 Å². The van der Waals surface area contributed by atoms with Crippen molar-refractivity contribution in [2.24, 2.45) is 5.92 Å². The van der Waals surface area contributed by atoms with Gasteiger partial charge in [0.15, 0.2) is 0 Å². The fourth-order valence-corrected chi connectivity index (χ4v) is 6.00. The molecule has 5 heterocycles. The van der Waals surface area contributed by atoms with Crippen molar-refractivity contribution in [1.29, 1.82) is 0 Å². The number of amides is 1. The molecule has 2 N–H and O–H groups in total. The quantitative estimate of drug-likeness (QED) is 0.367. The lowest BCUT2D eigenvalue weighted by atomic mass is 9.97. The predicted molar refractivity (Wildman–Crippen MR) is 155 cm³/mol. The monoisotopic (exact) mass is 539 g/mol. The summed E-state index contributed by atoms with van der Waals surface area (Å²) in [5.41, 5.74) is 6.41. The summed E-state index contributed by atoms with van der Waals surface area (Å²) in [6.07, 6.45) is 7.48. The van der Waals surface area contributed by atoms with E-state index in [1.807, 2.05) is 31.3 Å². The molecule has 4 aromatic rings. The molecule has 2 aliphatic heterocycles. The van der Waals surface area contributed by atoms with E-state index in [0.717, 1.165) is 67.9 Å². The SMILES string of the molecule is CCn1ccc2nc(NC(=O)C3CC3)cc(Nc3cccc4c3N(C)Cc3c-4cnn3C3CCOCC3)c2c1=O. The molecule has 10 heteroatoms. The number of carbonyl (C=O) groups excluding carboxylic acids is 1. The Hall–Kier alpha value is -4.18. The predicted octanol–water partition coefficient (Wildman–Crippen LogP) is 4.67. The standard InChI is InChI=1S/C30H33N7O3/c1-3-36-12-9-22-27(30(36)39)24(15-26(33-22)34-29(38)18-7-8-18)32-23-6-4-5-20-21-16-31-37(19-10-13-40-14-11-19)25(21)17-35(2)28(20)23/h4-6,9,12,15-16,18-19H,3,7-8,10-11,13-14,17H2,1-2H3,(H2,32,33,34,38). The Morgan fingerprint density at radius 2 is 1.93 bits per heavy atom. The van der Waals surface area contributed by atoms with Gasteiger partial charge in [0.2, 0.25) is 5.91 Å². The molecule has 0 radical (unpaired) electrons. The summed E-state index contributed by atoms with van der Waals surface area (Å²) >= 11 is 0. The van der Waals surface area contributed by atoms with E-state index in [1.54, 1.807) is 16.8 Å². The van der Waals surface area contributed by atoms with E-state index in [1.165, 1.54) is 5.69 Å². The summed E-state index contributed by atoms with van der Waals surface area (Å²) in [5, 5.41) is 11.8. The summed E-state index contributed by atoms with van der Waals surface area (Å²) in [5.74, 6) is 0.470. The lowest BCUT2D eigenvalue weighted by Crippen LogP contribution is -2.28. The first-order valence-corrected chi connectivity index (χ1v) is 14.1. The van der Waals surface area contributed by atoms with Crippen LogP contribution in [0.25, 0.3) is 22.0 Å². The van der Waals surface area contributed by atoms with Gasteiger partial charge >= 0.3 is 0 Å². The third-order valence-electron chi connectivity index (χ3n) is 8.27. The van der Waals surface area contributed by atoms with E-state index in [0.29, 0.717) is 35.0 Å². The Bertz CT molecular complexity index is 1680. The number of nitrogens with zero attached hydrogens (tertiary/aromatic N) is 5. The van der Waals surface area contributed by atoms with Gasteiger partial charge in [-0.1, -0.05) is 12.1 Å². The lowest BCUT2D eigenvalue weighted by molar-refractivity contribution is -0.117. The minimum absolute atomic E-state index is 0.0226. The normalized spacial score (nSPS) is 17.0. The first-order chi connectivity index (χ1) is 19.5. The molecule has 10 nitrogen and oxygen atoms in total. The van der Waals surface area contributed by atoms with Gasteiger partial charge in [-0.15, -0.1) is 0 Å². The van der Waals surface area contributed by atoms with Gasteiger partial charge in [0, 0.05) is 56.1 Å². The highest BCUT2D eigenvalue weighted by atomic mass is 16.5. The average molecular weight is 540 g/mol.